The summed E-state index contributed by atoms with van der Waals surface area (Å²) in [7, 11) is 0. The zero-order valence-electron chi connectivity index (χ0n) is 11.2. The van der Waals surface area contributed by atoms with Gasteiger partial charge in [0.15, 0.2) is 0 Å². The van der Waals surface area contributed by atoms with Crippen LogP contribution >= 0.6 is 0 Å². The smallest absolute Gasteiger partial charge is 0.224 e. The minimum absolute atomic E-state index is 0.523. The van der Waals surface area contributed by atoms with Crippen LogP contribution in [0.3, 0.4) is 0 Å². The summed E-state index contributed by atoms with van der Waals surface area (Å²) in [5.41, 5.74) is 7.79. The molecule has 0 aliphatic heterocycles. The Bertz CT molecular complexity index is 615. The average Bonchev–Trinajstić information content (AvgIpc) is 2.45. The molecule has 0 aliphatic rings. The second-order valence-electron chi connectivity index (χ2n) is 4.25. The standard InChI is InChI=1S/C14H16N6/c1-10-8-13(20-14(18-10)17-7-6-15)19-12-4-2-11(9-16)3-5-12/h2-5,8H,6-7,15H2,1H3,(H2,17,18,19,20). The van der Waals surface area contributed by atoms with Crippen LogP contribution in [0.1, 0.15) is 11.3 Å². The Kier molecular flexibility index (Phi) is 4.47. The number of benzene rings is 1. The Labute approximate surface area is 117 Å². The van der Waals surface area contributed by atoms with Crippen molar-refractivity contribution in [2.75, 3.05) is 23.7 Å². The van der Waals surface area contributed by atoms with Crippen LogP contribution in [0.2, 0.25) is 0 Å². The van der Waals surface area contributed by atoms with Gasteiger partial charge < -0.3 is 16.4 Å². The Morgan fingerprint density at radius 2 is 2.00 bits per heavy atom. The van der Waals surface area contributed by atoms with Crippen molar-refractivity contribution in [2.45, 2.75) is 6.92 Å². The molecule has 0 unspecified atom stereocenters. The summed E-state index contributed by atoms with van der Waals surface area (Å²) in [4.78, 5) is 8.63. The number of hydrogen-bond acceptors (Lipinski definition) is 6. The number of anilines is 3. The molecule has 1 aromatic carbocycles. The van der Waals surface area contributed by atoms with Gasteiger partial charge in [-0.2, -0.15) is 10.2 Å². The highest BCUT2D eigenvalue weighted by molar-refractivity contribution is 5.58. The van der Waals surface area contributed by atoms with Crippen molar-refractivity contribution in [1.82, 2.24) is 9.97 Å². The van der Waals surface area contributed by atoms with Gasteiger partial charge in [0.05, 0.1) is 11.6 Å². The lowest BCUT2D eigenvalue weighted by Gasteiger charge is -2.09. The highest BCUT2D eigenvalue weighted by Crippen LogP contribution is 2.17. The van der Waals surface area contributed by atoms with E-state index < -0.39 is 0 Å². The quantitative estimate of drug-likeness (QED) is 0.764. The summed E-state index contributed by atoms with van der Waals surface area (Å²) in [6.45, 7) is 3.05. The van der Waals surface area contributed by atoms with Gasteiger partial charge in [-0.1, -0.05) is 0 Å². The molecular weight excluding hydrogens is 252 g/mol. The molecule has 0 saturated carbocycles. The molecule has 0 spiro atoms. The lowest BCUT2D eigenvalue weighted by Crippen LogP contribution is -2.15. The van der Waals surface area contributed by atoms with Crippen molar-refractivity contribution in [3.63, 3.8) is 0 Å². The maximum Gasteiger partial charge on any atom is 0.224 e. The van der Waals surface area contributed by atoms with E-state index in [0.29, 0.717) is 30.4 Å². The van der Waals surface area contributed by atoms with E-state index in [1.807, 2.05) is 25.1 Å². The average molecular weight is 268 g/mol. The molecule has 1 heterocycles. The predicted octanol–water partition coefficient (Wildman–Crippen LogP) is 1.77. The summed E-state index contributed by atoms with van der Waals surface area (Å²) < 4.78 is 0. The van der Waals surface area contributed by atoms with Gasteiger partial charge in [-0.05, 0) is 31.2 Å². The minimum atomic E-state index is 0.523. The number of aromatic nitrogens is 2. The van der Waals surface area contributed by atoms with Gasteiger partial charge in [0, 0.05) is 30.5 Å². The number of aryl methyl sites for hydroxylation is 1. The van der Waals surface area contributed by atoms with Crippen LogP contribution in [0.15, 0.2) is 30.3 Å². The molecule has 2 rings (SSSR count). The first-order valence-corrected chi connectivity index (χ1v) is 6.28. The summed E-state index contributed by atoms with van der Waals surface area (Å²) in [6.07, 6.45) is 0. The summed E-state index contributed by atoms with van der Waals surface area (Å²) in [5.74, 6) is 1.24. The molecule has 0 amide bonds. The van der Waals surface area contributed by atoms with Crippen LogP contribution in [0.5, 0.6) is 0 Å². The van der Waals surface area contributed by atoms with Crippen LogP contribution in [0.25, 0.3) is 0 Å². The fourth-order valence-corrected chi connectivity index (χ4v) is 1.67. The maximum atomic E-state index is 8.76. The molecule has 20 heavy (non-hydrogen) atoms. The van der Waals surface area contributed by atoms with Crippen LogP contribution in [-0.2, 0) is 0 Å². The Morgan fingerprint density at radius 3 is 2.65 bits per heavy atom. The Morgan fingerprint density at radius 1 is 1.25 bits per heavy atom. The van der Waals surface area contributed by atoms with Crippen molar-refractivity contribution in [2.24, 2.45) is 5.73 Å². The monoisotopic (exact) mass is 268 g/mol. The van der Waals surface area contributed by atoms with E-state index in [0.717, 1.165) is 11.4 Å². The Hall–Kier alpha value is -2.65. The summed E-state index contributed by atoms with van der Waals surface area (Å²) in [5, 5.41) is 15.0. The van der Waals surface area contributed by atoms with Crippen molar-refractivity contribution in [3.8, 4) is 6.07 Å². The normalized spacial score (nSPS) is 9.85. The van der Waals surface area contributed by atoms with Crippen LogP contribution in [-0.4, -0.2) is 23.1 Å². The van der Waals surface area contributed by atoms with E-state index in [2.05, 4.69) is 26.7 Å². The van der Waals surface area contributed by atoms with E-state index in [4.69, 9.17) is 11.0 Å². The second kappa shape index (κ2) is 6.50. The molecule has 102 valence electrons. The number of nitriles is 1. The molecule has 0 saturated heterocycles. The second-order valence-corrected chi connectivity index (χ2v) is 4.25. The maximum absolute atomic E-state index is 8.76. The van der Waals surface area contributed by atoms with E-state index in [1.54, 1.807) is 12.1 Å². The third kappa shape index (κ3) is 3.67. The number of nitrogens with zero attached hydrogens (tertiary/aromatic N) is 3. The third-order valence-electron chi connectivity index (χ3n) is 2.57. The molecule has 2 aromatic rings. The molecule has 4 N–H and O–H groups in total. The van der Waals surface area contributed by atoms with Crippen molar-refractivity contribution < 1.29 is 0 Å². The fraction of sp³-hybridized carbons (Fsp3) is 0.214. The van der Waals surface area contributed by atoms with E-state index >= 15 is 0 Å². The largest absolute Gasteiger partial charge is 0.353 e. The number of nitrogens with two attached hydrogens (primary N) is 1. The molecule has 0 radical (unpaired) electrons. The minimum Gasteiger partial charge on any atom is -0.353 e. The number of rotatable bonds is 5. The zero-order chi connectivity index (χ0) is 14.4. The molecular formula is C14H16N6. The van der Waals surface area contributed by atoms with Gasteiger partial charge in [-0.25, -0.2) is 4.98 Å². The van der Waals surface area contributed by atoms with E-state index in [1.165, 1.54) is 0 Å². The number of nitrogens with one attached hydrogen (secondary N) is 2. The van der Waals surface area contributed by atoms with Gasteiger partial charge in [-0.3, -0.25) is 0 Å². The fourth-order valence-electron chi connectivity index (χ4n) is 1.67. The van der Waals surface area contributed by atoms with Crippen molar-refractivity contribution in [3.05, 3.63) is 41.6 Å². The first-order chi connectivity index (χ1) is 9.71. The van der Waals surface area contributed by atoms with Gasteiger partial charge in [0.2, 0.25) is 5.95 Å². The lowest BCUT2D eigenvalue weighted by molar-refractivity contribution is 0.981. The molecule has 0 fully saturated rings. The third-order valence-corrected chi connectivity index (χ3v) is 2.57. The van der Waals surface area contributed by atoms with Crippen LogP contribution < -0.4 is 16.4 Å². The number of hydrogen-bond donors (Lipinski definition) is 3. The molecule has 0 aliphatic carbocycles. The topological polar surface area (TPSA) is 99.7 Å². The highest BCUT2D eigenvalue weighted by Gasteiger charge is 2.02. The molecule has 0 bridgehead atoms. The molecule has 1 aromatic heterocycles. The molecule has 6 nitrogen and oxygen atoms in total. The van der Waals surface area contributed by atoms with Gasteiger partial charge in [-0.15, -0.1) is 0 Å². The first-order valence-electron chi connectivity index (χ1n) is 6.28. The van der Waals surface area contributed by atoms with E-state index in [9.17, 15) is 0 Å². The SMILES string of the molecule is Cc1cc(Nc2ccc(C#N)cc2)nc(NCCN)n1. The highest BCUT2D eigenvalue weighted by atomic mass is 15.1. The lowest BCUT2D eigenvalue weighted by atomic mass is 10.2. The van der Waals surface area contributed by atoms with E-state index in [-0.39, 0.29) is 0 Å². The van der Waals surface area contributed by atoms with Gasteiger partial charge >= 0.3 is 0 Å². The summed E-state index contributed by atoms with van der Waals surface area (Å²) >= 11 is 0. The Balaban J connectivity index is 2.15. The van der Waals surface area contributed by atoms with Gasteiger partial charge in [0.25, 0.3) is 0 Å². The molecule has 0 atom stereocenters. The summed E-state index contributed by atoms with van der Waals surface area (Å²) in [6, 6.07) is 11.1. The predicted molar refractivity (Wildman–Crippen MR) is 78.8 cm³/mol. The molecule has 6 heteroatoms. The first kappa shape index (κ1) is 13.8. The van der Waals surface area contributed by atoms with Crippen molar-refractivity contribution in [1.29, 1.82) is 5.26 Å². The zero-order valence-corrected chi connectivity index (χ0v) is 11.2. The van der Waals surface area contributed by atoms with Crippen LogP contribution in [0.4, 0.5) is 17.5 Å². The van der Waals surface area contributed by atoms with Crippen LogP contribution in [0, 0.1) is 18.3 Å². The van der Waals surface area contributed by atoms with Gasteiger partial charge in [0.1, 0.15) is 5.82 Å². The van der Waals surface area contributed by atoms with Crippen molar-refractivity contribution >= 4 is 17.5 Å².